The molecule has 0 saturated heterocycles. The summed E-state index contributed by atoms with van der Waals surface area (Å²) < 4.78 is 21.5. The number of aromatic nitrogens is 4. The zero-order valence-corrected chi connectivity index (χ0v) is 34.5. The number of aryl methyl sites for hydroxylation is 4. The second-order valence-electron chi connectivity index (χ2n) is 16.0. The SMILES string of the molecule is COc1ccc(Cc2ccc(OC)c(C(c3cn(C)c4ccccc34)c3cn(C)c4ccccc34)c2)cc1C(c1cn(C)c2ccccc12)c1cn(C)c2ccccc12. The highest BCUT2D eigenvalue weighted by molar-refractivity contribution is 5.91. The van der Waals surface area contributed by atoms with Gasteiger partial charge in [-0.15, -0.1) is 0 Å². The minimum atomic E-state index is -0.0735. The highest BCUT2D eigenvalue weighted by Crippen LogP contribution is 2.46. The van der Waals surface area contributed by atoms with E-state index in [1.165, 1.54) is 77.0 Å². The molecule has 0 N–H and O–H groups in total. The van der Waals surface area contributed by atoms with Crippen molar-refractivity contribution in [1.82, 2.24) is 18.3 Å². The molecule has 59 heavy (non-hydrogen) atoms. The molecule has 0 amide bonds. The fourth-order valence-corrected chi connectivity index (χ4v) is 9.89. The molecule has 0 aliphatic rings. The zero-order chi connectivity index (χ0) is 40.4. The lowest BCUT2D eigenvalue weighted by Crippen LogP contribution is -2.07. The second-order valence-corrected chi connectivity index (χ2v) is 16.0. The number of rotatable bonds is 10. The Morgan fingerprint density at radius 2 is 0.661 bits per heavy atom. The fraction of sp³-hybridized carbons (Fsp3) is 0.170. The van der Waals surface area contributed by atoms with Crippen LogP contribution in [0.1, 0.15) is 56.3 Å². The Balaban J connectivity index is 1.14. The summed E-state index contributed by atoms with van der Waals surface area (Å²) in [6.07, 6.45) is 9.96. The molecule has 0 aliphatic carbocycles. The molecule has 0 bridgehead atoms. The summed E-state index contributed by atoms with van der Waals surface area (Å²) in [7, 11) is 12.2. The molecule has 0 atom stereocenters. The molecule has 4 aromatic heterocycles. The fourth-order valence-electron chi connectivity index (χ4n) is 9.89. The van der Waals surface area contributed by atoms with Crippen molar-refractivity contribution in [2.75, 3.05) is 14.2 Å². The number of nitrogens with zero attached hydrogens (tertiary/aromatic N) is 4. The Bertz CT molecular complexity index is 2820. The first-order valence-corrected chi connectivity index (χ1v) is 20.3. The molecule has 0 saturated carbocycles. The molecule has 0 unspecified atom stereocenters. The van der Waals surface area contributed by atoms with Crippen LogP contribution in [0.15, 0.2) is 158 Å². The van der Waals surface area contributed by atoms with E-state index in [0.717, 1.165) is 29.0 Å². The molecular formula is C53H48N4O2. The third-order valence-corrected chi connectivity index (χ3v) is 12.6. The normalized spacial score (nSPS) is 11.9. The van der Waals surface area contributed by atoms with E-state index >= 15 is 0 Å². The number of benzene rings is 6. The molecule has 4 heterocycles. The zero-order valence-electron chi connectivity index (χ0n) is 34.5. The van der Waals surface area contributed by atoms with Crippen LogP contribution in [0.5, 0.6) is 11.5 Å². The highest BCUT2D eigenvalue weighted by atomic mass is 16.5. The first-order valence-electron chi connectivity index (χ1n) is 20.3. The van der Waals surface area contributed by atoms with Gasteiger partial charge in [-0.05, 0) is 76.2 Å². The van der Waals surface area contributed by atoms with Crippen molar-refractivity contribution in [2.24, 2.45) is 28.2 Å². The van der Waals surface area contributed by atoms with E-state index in [1.807, 2.05) is 0 Å². The third kappa shape index (κ3) is 6.01. The maximum atomic E-state index is 6.23. The van der Waals surface area contributed by atoms with E-state index in [1.54, 1.807) is 14.2 Å². The van der Waals surface area contributed by atoms with Crippen LogP contribution < -0.4 is 9.47 Å². The van der Waals surface area contributed by atoms with Gasteiger partial charge in [0.05, 0.1) is 14.2 Å². The number of methoxy groups -OCH3 is 2. The van der Waals surface area contributed by atoms with Gasteiger partial charge in [-0.25, -0.2) is 0 Å². The van der Waals surface area contributed by atoms with Gasteiger partial charge >= 0.3 is 0 Å². The first kappa shape index (κ1) is 36.4. The standard InChI is InChI=1S/C53H48N4O2/c1-54-30-42(36-15-7-11-19-46(36)54)52(43-31-55(2)47-20-12-8-16-37(43)47)40-28-34(23-25-50(40)58-5)27-35-24-26-51(59-6)41(29-35)53(44-32-56(3)48-21-13-9-17-38(44)48)45-33-57(4)49-22-14-10-18-39(45)49/h7-26,28-33,52-53H,27H2,1-6H3. The molecule has 0 spiro atoms. The average molecular weight is 773 g/mol. The van der Waals surface area contributed by atoms with Crippen LogP contribution in [-0.4, -0.2) is 32.5 Å². The van der Waals surface area contributed by atoms with Crippen LogP contribution in [0.2, 0.25) is 0 Å². The lowest BCUT2D eigenvalue weighted by Gasteiger charge is -2.22. The van der Waals surface area contributed by atoms with Gasteiger partial charge in [0.25, 0.3) is 0 Å². The summed E-state index contributed by atoms with van der Waals surface area (Å²) in [6, 6.07) is 48.4. The second kappa shape index (κ2) is 14.5. The van der Waals surface area contributed by atoms with Crippen molar-refractivity contribution in [3.05, 3.63) is 203 Å². The first-order chi connectivity index (χ1) is 28.8. The average Bonchev–Trinajstić information content (AvgIpc) is 3.99. The number of hydrogen-bond acceptors (Lipinski definition) is 2. The Morgan fingerprint density at radius 3 is 0.949 bits per heavy atom. The summed E-state index contributed by atoms with van der Waals surface area (Å²) in [5.74, 6) is 1.61. The summed E-state index contributed by atoms with van der Waals surface area (Å²) in [6.45, 7) is 0. The van der Waals surface area contributed by atoms with Gasteiger partial charge in [-0.1, -0.05) is 97.1 Å². The van der Waals surface area contributed by atoms with Gasteiger partial charge in [-0.2, -0.15) is 0 Å². The molecule has 6 heteroatoms. The van der Waals surface area contributed by atoms with Crippen molar-refractivity contribution in [3.63, 3.8) is 0 Å². The van der Waals surface area contributed by atoms with Crippen LogP contribution in [-0.2, 0) is 34.6 Å². The topological polar surface area (TPSA) is 38.2 Å². The van der Waals surface area contributed by atoms with E-state index in [2.05, 4.69) is 205 Å². The van der Waals surface area contributed by atoms with E-state index in [4.69, 9.17) is 9.47 Å². The van der Waals surface area contributed by atoms with E-state index < -0.39 is 0 Å². The summed E-state index contributed by atoms with van der Waals surface area (Å²) in [5.41, 5.74) is 14.6. The number of fused-ring (bicyclic) bond motifs is 4. The molecule has 10 rings (SSSR count). The van der Waals surface area contributed by atoms with Gasteiger partial charge in [-0.3, -0.25) is 0 Å². The summed E-state index contributed by atoms with van der Waals surface area (Å²) >= 11 is 0. The molecule has 0 fully saturated rings. The van der Waals surface area contributed by atoms with Crippen molar-refractivity contribution in [1.29, 1.82) is 0 Å². The minimum absolute atomic E-state index is 0.0735. The van der Waals surface area contributed by atoms with Crippen LogP contribution >= 0.6 is 0 Å². The molecule has 6 aromatic carbocycles. The van der Waals surface area contributed by atoms with Gasteiger partial charge < -0.3 is 27.7 Å². The summed E-state index contributed by atoms with van der Waals surface area (Å²) in [4.78, 5) is 0. The lowest BCUT2D eigenvalue weighted by molar-refractivity contribution is 0.409. The number of hydrogen-bond donors (Lipinski definition) is 0. The maximum absolute atomic E-state index is 6.23. The predicted molar refractivity (Wildman–Crippen MR) is 242 cm³/mol. The van der Waals surface area contributed by atoms with E-state index in [-0.39, 0.29) is 11.8 Å². The predicted octanol–water partition coefficient (Wildman–Crippen LogP) is 11.6. The van der Waals surface area contributed by atoms with Crippen molar-refractivity contribution < 1.29 is 9.47 Å². The van der Waals surface area contributed by atoms with Gasteiger partial charge in [0.2, 0.25) is 0 Å². The van der Waals surface area contributed by atoms with E-state index in [0.29, 0.717) is 0 Å². The molecular weight excluding hydrogens is 725 g/mol. The van der Waals surface area contributed by atoms with Gasteiger partial charge in [0.1, 0.15) is 11.5 Å². The number of ether oxygens (including phenoxy) is 2. The molecule has 0 radical (unpaired) electrons. The number of para-hydroxylation sites is 4. The molecule has 6 nitrogen and oxygen atoms in total. The molecule has 10 aromatic rings. The smallest absolute Gasteiger partial charge is 0.123 e. The van der Waals surface area contributed by atoms with Crippen LogP contribution in [0.3, 0.4) is 0 Å². The Labute approximate surface area is 345 Å². The molecule has 292 valence electrons. The minimum Gasteiger partial charge on any atom is -0.496 e. The molecule has 0 aliphatic heterocycles. The van der Waals surface area contributed by atoms with Crippen molar-refractivity contribution in [3.8, 4) is 11.5 Å². The van der Waals surface area contributed by atoms with Crippen LogP contribution in [0.25, 0.3) is 43.6 Å². The Morgan fingerprint density at radius 1 is 0.373 bits per heavy atom. The third-order valence-electron chi connectivity index (χ3n) is 12.6. The van der Waals surface area contributed by atoms with Gasteiger partial charge in [0, 0.05) is 120 Å². The summed E-state index contributed by atoms with van der Waals surface area (Å²) in [5, 5.41) is 4.97. The Kier molecular flexibility index (Phi) is 8.94. The lowest BCUT2D eigenvalue weighted by atomic mass is 9.82. The van der Waals surface area contributed by atoms with Crippen LogP contribution in [0, 0.1) is 0 Å². The van der Waals surface area contributed by atoms with Crippen molar-refractivity contribution in [2.45, 2.75) is 18.3 Å². The quantitative estimate of drug-likeness (QED) is 0.139. The largest absolute Gasteiger partial charge is 0.496 e. The Hall–Kier alpha value is -6.92. The van der Waals surface area contributed by atoms with Gasteiger partial charge in [0.15, 0.2) is 0 Å². The highest BCUT2D eigenvalue weighted by Gasteiger charge is 2.30. The van der Waals surface area contributed by atoms with E-state index in [9.17, 15) is 0 Å². The maximum Gasteiger partial charge on any atom is 0.123 e. The van der Waals surface area contributed by atoms with Crippen molar-refractivity contribution >= 4 is 43.6 Å². The van der Waals surface area contributed by atoms with Crippen LogP contribution in [0.4, 0.5) is 0 Å². The monoisotopic (exact) mass is 772 g/mol.